The van der Waals surface area contributed by atoms with Gasteiger partial charge in [0.2, 0.25) is 0 Å². The van der Waals surface area contributed by atoms with Gasteiger partial charge in [0.05, 0.1) is 11.2 Å². The average Bonchev–Trinajstić information content (AvgIpc) is 2.82. The molecule has 0 saturated carbocycles. The smallest absolute Gasteiger partial charge is 0.155 e. The van der Waals surface area contributed by atoms with Gasteiger partial charge in [-0.1, -0.05) is 24.3 Å². The van der Waals surface area contributed by atoms with Gasteiger partial charge in [-0.3, -0.25) is 9.97 Å². The van der Waals surface area contributed by atoms with Crippen LogP contribution in [0, 0.1) is 13.8 Å². The van der Waals surface area contributed by atoms with E-state index in [1.54, 1.807) is 24.5 Å². The first kappa shape index (κ1) is 19.7. The molecule has 5 heteroatoms. The molecule has 0 aliphatic rings. The van der Waals surface area contributed by atoms with Gasteiger partial charge in [-0.15, -0.1) is 0 Å². The molecule has 0 aliphatic heterocycles. The van der Waals surface area contributed by atoms with Crippen LogP contribution in [0.4, 0.5) is 0 Å². The molecule has 0 amide bonds. The molecule has 0 radical (unpaired) electrons. The van der Waals surface area contributed by atoms with Crippen LogP contribution < -0.4 is 4.74 Å². The van der Waals surface area contributed by atoms with Gasteiger partial charge >= 0.3 is 0 Å². The van der Waals surface area contributed by atoms with Crippen LogP contribution in [0.1, 0.15) is 11.3 Å². The van der Waals surface area contributed by atoms with Crippen LogP contribution in [0.2, 0.25) is 0 Å². The molecule has 1 N–H and O–H groups in total. The zero-order chi connectivity index (χ0) is 22.1. The molecule has 5 rings (SSSR count). The van der Waals surface area contributed by atoms with E-state index >= 15 is 0 Å². The third-order valence-electron chi connectivity index (χ3n) is 5.44. The average molecular weight is 419 g/mol. The minimum atomic E-state index is 0.233. The molecule has 5 aromatic rings. The zero-order valence-electron chi connectivity index (χ0n) is 17.8. The van der Waals surface area contributed by atoms with E-state index in [4.69, 9.17) is 9.72 Å². The first-order valence-electron chi connectivity index (χ1n) is 10.3. The van der Waals surface area contributed by atoms with Gasteiger partial charge in [0.25, 0.3) is 0 Å². The molecule has 0 aliphatic carbocycles. The molecule has 2 aromatic carbocycles. The summed E-state index contributed by atoms with van der Waals surface area (Å²) in [7, 11) is 0. The third-order valence-corrected chi connectivity index (χ3v) is 5.44. The largest absolute Gasteiger partial charge is 0.508 e. The fourth-order valence-electron chi connectivity index (χ4n) is 3.64. The summed E-state index contributed by atoms with van der Waals surface area (Å²) in [5, 5.41) is 10.7. The number of benzene rings is 2. The summed E-state index contributed by atoms with van der Waals surface area (Å²) in [5.41, 5.74) is 6.15. The van der Waals surface area contributed by atoms with E-state index in [-0.39, 0.29) is 5.75 Å². The maximum atomic E-state index is 9.81. The standard InChI is InChI=1S/C27H21N3O2/c1-17-14-26(27(30-18(17)2)23-8-3-4-12-28-23)32-25-11-13-29-24-16-20(9-10-22(24)25)19-6-5-7-21(31)15-19/h3-16,31H,1-2H3. The van der Waals surface area contributed by atoms with Gasteiger partial charge in [0, 0.05) is 23.5 Å². The molecule has 0 atom stereocenters. The Bertz CT molecular complexity index is 1430. The number of hydrogen-bond donors (Lipinski definition) is 1. The Hall–Kier alpha value is -4.25. The summed E-state index contributed by atoms with van der Waals surface area (Å²) in [6, 6.07) is 22.8. The summed E-state index contributed by atoms with van der Waals surface area (Å²) < 4.78 is 6.40. The second kappa shape index (κ2) is 8.12. The van der Waals surface area contributed by atoms with Crippen molar-refractivity contribution in [1.82, 2.24) is 15.0 Å². The molecule has 3 heterocycles. The van der Waals surface area contributed by atoms with Crippen LogP contribution in [0.25, 0.3) is 33.4 Å². The van der Waals surface area contributed by atoms with Crippen LogP contribution >= 0.6 is 0 Å². The van der Waals surface area contributed by atoms with Gasteiger partial charge in [0.1, 0.15) is 17.2 Å². The van der Waals surface area contributed by atoms with Crippen molar-refractivity contribution in [3.05, 3.63) is 96.4 Å². The van der Waals surface area contributed by atoms with E-state index in [1.807, 2.05) is 74.5 Å². The van der Waals surface area contributed by atoms with Gasteiger partial charge in [-0.25, -0.2) is 4.98 Å². The van der Waals surface area contributed by atoms with Crippen LogP contribution in [0.15, 0.2) is 85.2 Å². The summed E-state index contributed by atoms with van der Waals surface area (Å²) in [5.74, 6) is 1.58. The van der Waals surface area contributed by atoms with E-state index in [9.17, 15) is 5.11 Å². The Morgan fingerprint density at radius 2 is 1.62 bits per heavy atom. The number of phenolic OH excluding ortho intramolecular Hbond substituents is 1. The van der Waals surface area contributed by atoms with Gasteiger partial charge in [-0.05, 0) is 79.1 Å². The normalized spacial score (nSPS) is 10.9. The second-order valence-electron chi connectivity index (χ2n) is 7.65. The SMILES string of the molecule is Cc1cc(Oc2ccnc3cc(-c4cccc(O)c4)ccc23)c(-c2ccccn2)nc1C. The third kappa shape index (κ3) is 3.76. The van der Waals surface area contributed by atoms with Crippen LogP contribution in [-0.4, -0.2) is 20.1 Å². The Kier molecular flexibility index (Phi) is 5.00. The molecule has 0 unspecified atom stereocenters. The van der Waals surface area contributed by atoms with Crippen molar-refractivity contribution in [2.45, 2.75) is 13.8 Å². The Balaban J connectivity index is 1.59. The van der Waals surface area contributed by atoms with Crippen molar-refractivity contribution < 1.29 is 9.84 Å². The highest BCUT2D eigenvalue weighted by molar-refractivity contribution is 5.89. The lowest BCUT2D eigenvalue weighted by molar-refractivity contribution is 0.475. The van der Waals surface area contributed by atoms with Crippen LogP contribution in [0.5, 0.6) is 17.2 Å². The highest BCUT2D eigenvalue weighted by Gasteiger charge is 2.15. The molecular formula is C27H21N3O2. The molecule has 32 heavy (non-hydrogen) atoms. The van der Waals surface area contributed by atoms with Gasteiger partial charge < -0.3 is 9.84 Å². The molecule has 0 bridgehead atoms. The van der Waals surface area contributed by atoms with Gasteiger partial charge in [-0.2, -0.15) is 0 Å². The monoisotopic (exact) mass is 419 g/mol. The first-order chi connectivity index (χ1) is 15.6. The molecule has 0 spiro atoms. The van der Waals surface area contributed by atoms with E-state index in [1.165, 1.54) is 0 Å². The summed E-state index contributed by atoms with van der Waals surface area (Å²) in [6.07, 6.45) is 3.49. The predicted octanol–water partition coefficient (Wildman–Crippen LogP) is 6.47. The lowest BCUT2D eigenvalue weighted by Gasteiger charge is -2.14. The number of nitrogens with zero attached hydrogens (tertiary/aromatic N) is 3. The van der Waals surface area contributed by atoms with Crippen molar-refractivity contribution in [2.75, 3.05) is 0 Å². The molecule has 0 saturated heterocycles. The Morgan fingerprint density at radius 3 is 2.44 bits per heavy atom. The van der Waals surface area contributed by atoms with Crippen molar-refractivity contribution in [3.8, 4) is 39.8 Å². The Labute approximate surface area is 186 Å². The van der Waals surface area contributed by atoms with Crippen molar-refractivity contribution >= 4 is 10.9 Å². The summed E-state index contributed by atoms with van der Waals surface area (Å²) in [6.45, 7) is 4.00. The number of hydrogen-bond acceptors (Lipinski definition) is 5. The van der Waals surface area contributed by atoms with E-state index < -0.39 is 0 Å². The fourth-order valence-corrected chi connectivity index (χ4v) is 3.64. The topological polar surface area (TPSA) is 68.1 Å². The van der Waals surface area contributed by atoms with Crippen molar-refractivity contribution in [3.63, 3.8) is 0 Å². The molecule has 0 fully saturated rings. The van der Waals surface area contributed by atoms with Crippen LogP contribution in [-0.2, 0) is 0 Å². The number of phenols is 1. The maximum absolute atomic E-state index is 9.81. The quantitative estimate of drug-likeness (QED) is 0.361. The van der Waals surface area contributed by atoms with Crippen molar-refractivity contribution in [2.24, 2.45) is 0 Å². The van der Waals surface area contributed by atoms with E-state index in [0.717, 1.165) is 39.0 Å². The minimum Gasteiger partial charge on any atom is -0.508 e. The number of aromatic hydroxyl groups is 1. The fraction of sp³-hybridized carbons (Fsp3) is 0.0741. The zero-order valence-corrected chi connectivity index (χ0v) is 17.8. The molecule has 156 valence electrons. The van der Waals surface area contributed by atoms with Gasteiger partial charge in [0.15, 0.2) is 5.75 Å². The Morgan fingerprint density at radius 1 is 0.750 bits per heavy atom. The summed E-state index contributed by atoms with van der Waals surface area (Å²) in [4.78, 5) is 13.7. The van der Waals surface area contributed by atoms with Crippen molar-refractivity contribution in [1.29, 1.82) is 0 Å². The number of rotatable bonds is 4. The lowest BCUT2D eigenvalue weighted by atomic mass is 10.0. The predicted molar refractivity (Wildman–Crippen MR) is 126 cm³/mol. The minimum absolute atomic E-state index is 0.233. The number of ether oxygens (including phenoxy) is 1. The number of pyridine rings is 3. The van der Waals surface area contributed by atoms with Crippen LogP contribution in [0.3, 0.4) is 0 Å². The highest BCUT2D eigenvalue weighted by Crippen LogP contribution is 2.36. The molecule has 5 nitrogen and oxygen atoms in total. The lowest BCUT2D eigenvalue weighted by Crippen LogP contribution is -1.98. The first-order valence-corrected chi connectivity index (χ1v) is 10.3. The molecular weight excluding hydrogens is 398 g/mol. The number of fused-ring (bicyclic) bond motifs is 1. The maximum Gasteiger partial charge on any atom is 0.155 e. The second-order valence-corrected chi connectivity index (χ2v) is 7.65. The van der Waals surface area contributed by atoms with E-state index in [2.05, 4.69) is 9.97 Å². The number of aryl methyl sites for hydroxylation is 2. The number of aromatic nitrogens is 3. The summed E-state index contributed by atoms with van der Waals surface area (Å²) >= 11 is 0. The van der Waals surface area contributed by atoms with E-state index in [0.29, 0.717) is 17.2 Å². The molecule has 3 aromatic heterocycles. The highest BCUT2D eigenvalue weighted by atomic mass is 16.5.